The molecule has 0 aliphatic carbocycles. The van der Waals surface area contributed by atoms with Crippen LogP contribution in [0.1, 0.15) is 29.5 Å². The highest BCUT2D eigenvalue weighted by Gasteiger charge is 2.12. The topological polar surface area (TPSA) is 52.6 Å². The van der Waals surface area contributed by atoms with Gasteiger partial charge in [0, 0.05) is 39.4 Å². The summed E-state index contributed by atoms with van der Waals surface area (Å²) in [6.45, 7) is 5.55. The summed E-state index contributed by atoms with van der Waals surface area (Å²) < 4.78 is 13.2. The van der Waals surface area contributed by atoms with Gasteiger partial charge >= 0.3 is 0 Å². The van der Waals surface area contributed by atoms with Gasteiger partial charge in [0.1, 0.15) is 11.6 Å². The summed E-state index contributed by atoms with van der Waals surface area (Å²) in [6.07, 6.45) is 5.25. The van der Waals surface area contributed by atoms with Gasteiger partial charge in [0.25, 0.3) is 0 Å². The summed E-state index contributed by atoms with van der Waals surface area (Å²) in [5.41, 5.74) is 3.24. The number of anilines is 1. The van der Waals surface area contributed by atoms with Crippen LogP contribution in [0.3, 0.4) is 0 Å². The fourth-order valence-corrected chi connectivity index (χ4v) is 3.32. The number of guanidine groups is 1. The molecule has 2 heterocycles. The first kappa shape index (κ1) is 19.1. The number of halogens is 1. The van der Waals surface area contributed by atoms with Crippen molar-refractivity contribution in [1.29, 1.82) is 0 Å². The standard InChI is InChI=1S/C21H28FN5/c1-16-13-19(22)7-6-18(16)9-10-24-21(23-2)26-15-17-5-8-20(25-14-17)27-11-3-4-12-27/h5-8,13-14H,3-4,9-12,15H2,1-2H3,(H2,23,24,26). The third-order valence-electron chi connectivity index (χ3n) is 4.91. The molecule has 1 saturated heterocycles. The number of nitrogens with zero attached hydrogens (tertiary/aromatic N) is 3. The van der Waals surface area contributed by atoms with Crippen molar-refractivity contribution in [2.45, 2.75) is 32.7 Å². The Hall–Kier alpha value is -2.63. The minimum Gasteiger partial charge on any atom is -0.357 e. The fourth-order valence-electron chi connectivity index (χ4n) is 3.32. The number of benzene rings is 1. The summed E-state index contributed by atoms with van der Waals surface area (Å²) in [7, 11) is 1.76. The molecule has 0 atom stereocenters. The molecular formula is C21H28FN5. The third-order valence-corrected chi connectivity index (χ3v) is 4.91. The third kappa shape index (κ3) is 5.42. The molecule has 0 saturated carbocycles. The first-order valence-corrected chi connectivity index (χ1v) is 9.55. The van der Waals surface area contributed by atoms with Crippen LogP contribution in [0, 0.1) is 12.7 Å². The fraction of sp³-hybridized carbons (Fsp3) is 0.429. The zero-order valence-corrected chi connectivity index (χ0v) is 16.1. The quantitative estimate of drug-likeness (QED) is 0.607. The SMILES string of the molecule is CN=C(NCCc1ccc(F)cc1C)NCc1ccc(N2CCCC2)nc1. The van der Waals surface area contributed by atoms with Gasteiger partial charge in [-0.1, -0.05) is 12.1 Å². The lowest BCUT2D eigenvalue weighted by molar-refractivity contribution is 0.625. The van der Waals surface area contributed by atoms with Crippen molar-refractivity contribution in [2.75, 3.05) is 31.6 Å². The number of aryl methyl sites for hydroxylation is 1. The van der Waals surface area contributed by atoms with Crippen LogP contribution in [0.4, 0.5) is 10.2 Å². The van der Waals surface area contributed by atoms with E-state index < -0.39 is 0 Å². The average molecular weight is 369 g/mol. The van der Waals surface area contributed by atoms with Gasteiger partial charge in [0.2, 0.25) is 0 Å². The Balaban J connectivity index is 1.44. The van der Waals surface area contributed by atoms with E-state index in [2.05, 4.69) is 37.6 Å². The molecule has 2 N–H and O–H groups in total. The van der Waals surface area contributed by atoms with E-state index in [1.54, 1.807) is 13.1 Å². The van der Waals surface area contributed by atoms with E-state index >= 15 is 0 Å². The lowest BCUT2D eigenvalue weighted by Gasteiger charge is -2.16. The number of aromatic nitrogens is 1. The molecule has 1 aromatic heterocycles. The van der Waals surface area contributed by atoms with Crippen LogP contribution in [0.2, 0.25) is 0 Å². The Morgan fingerprint density at radius 1 is 1.19 bits per heavy atom. The first-order valence-electron chi connectivity index (χ1n) is 9.55. The molecule has 1 aliphatic rings. The molecule has 1 aliphatic heterocycles. The van der Waals surface area contributed by atoms with Crippen LogP contribution in [0.15, 0.2) is 41.5 Å². The number of aliphatic imine (C=N–C) groups is 1. The number of pyridine rings is 1. The zero-order chi connectivity index (χ0) is 19.1. The summed E-state index contributed by atoms with van der Waals surface area (Å²) in [6, 6.07) is 9.13. The molecule has 144 valence electrons. The lowest BCUT2D eigenvalue weighted by Crippen LogP contribution is -2.37. The maximum absolute atomic E-state index is 13.2. The molecule has 5 nitrogen and oxygen atoms in total. The predicted octanol–water partition coefficient (Wildman–Crippen LogP) is 3.04. The van der Waals surface area contributed by atoms with Gasteiger partial charge in [0.15, 0.2) is 5.96 Å². The molecule has 1 fully saturated rings. The highest BCUT2D eigenvalue weighted by molar-refractivity contribution is 5.79. The van der Waals surface area contributed by atoms with Crippen LogP contribution in [-0.2, 0) is 13.0 Å². The van der Waals surface area contributed by atoms with Crippen molar-refractivity contribution in [3.63, 3.8) is 0 Å². The highest BCUT2D eigenvalue weighted by Crippen LogP contribution is 2.17. The van der Waals surface area contributed by atoms with Crippen molar-refractivity contribution < 1.29 is 4.39 Å². The van der Waals surface area contributed by atoms with E-state index in [1.165, 1.54) is 18.9 Å². The number of hydrogen-bond donors (Lipinski definition) is 2. The van der Waals surface area contributed by atoms with Crippen molar-refractivity contribution >= 4 is 11.8 Å². The van der Waals surface area contributed by atoms with E-state index in [0.29, 0.717) is 6.54 Å². The first-order chi connectivity index (χ1) is 13.2. The Morgan fingerprint density at radius 2 is 2.00 bits per heavy atom. The van der Waals surface area contributed by atoms with Gasteiger partial charge in [0.05, 0.1) is 0 Å². The number of rotatable bonds is 6. The van der Waals surface area contributed by atoms with Crippen LogP contribution < -0.4 is 15.5 Å². The smallest absolute Gasteiger partial charge is 0.191 e. The van der Waals surface area contributed by atoms with Crippen LogP contribution >= 0.6 is 0 Å². The van der Waals surface area contributed by atoms with Crippen LogP contribution in [0.25, 0.3) is 0 Å². The normalized spacial score (nSPS) is 14.5. The molecule has 0 spiro atoms. The Morgan fingerprint density at radius 3 is 2.67 bits per heavy atom. The van der Waals surface area contributed by atoms with E-state index in [9.17, 15) is 4.39 Å². The molecule has 6 heteroatoms. The molecule has 1 aromatic carbocycles. The summed E-state index contributed by atoms with van der Waals surface area (Å²) >= 11 is 0. The van der Waals surface area contributed by atoms with Crippen molar-refractivity contribution in [3.8, 4) is 0 Å². The minimum absolute atomic E-state index is 0.189. The van der Waals surface area contributed by atoms with Crippen molar-refractivity contribution in [3.05, 3.63) is 59.0 Å². The van der Waals surface area contributed by atoms with Crippen molar-refractivity contribution in [2.24, 2.45) is 4.99 Å². The summed E-state index contributed by atoms with van der Waals surface area (Å²) in [5, 5.41) is 6.61. The van der Waals surface area contributed by atoms with Gasteiger partial charge in [-0.15, -0.1) is 0 Å². The molecule has 27 heavy (non-hydrogen) atoms. The van der Waals surface area contributed by atoms with Gasteiger partial charge < -0.3 is 15.5 Å². The number of hydrogen-bond acceptors (Lipinski definition) is 3. The predicted molar refractivity (Wildman–Crippen MR) is 109 cm³/mol. The van der Waals surface area contributed by atoms with Crippen LogP contribution in [-0.4, -0.2) is 37.6 Å². The van der Waals surface area contributed by atoms with Crippen molar-refractivity contribution in [1.82, 2.24) is 15.6 Å². The monoisotopic (exact) mass is 369 g/mol. The molecular weight excluding hydrogens is 341 g/mol. The second-order valence-corrected chi connectivity index (χ2v) is 6.89. The molecule has 3 rings (SSSR count). The molecule has 2 aromatic rings. The Kier molecular flexibility index (Phi) is 6.63. The van der Waals surface area contributed by atoms with Gasteiger partial charge in [-0.05, 0) is 61.1 Å². The Labute approximate surface area is 160 Å². The minimum atomic E-state index is -0.189. The molecule has 0 amide bonds. The second-order valence-electron chi connectivity index (χ2n) is 6.89. The Bertz CT molecular complexity index is 767. The van der Waals surface area contributed by atoms with Gasteiger partial charge in [-0.3, -0.25) is 4.99 Å². The second kappa shape index (κ2) is 9.35. The van der Waals surface area contributed by atoms with E-state index in [4.69, 9.17) is 0 Å². The summed E-state index contributed by atoms with van der Waals surface area (Å²) in [5.74, 6) is 1.62. The van der Waals surface area contributed by atoms with Gasteiger partial charge in [-0.2, -0.15) is 0 Å². The number of nitrogens with one attached hydrogen (secondary N) is 2. The molecule has 0 unspecified atom stereocenters. The maximum Gasteiger partial charge on any atom is 0.191 e. The average Bonchev–Trinajstić information content (AvgIpc) is 3.21. The maximum atomic E-state index is 13.2. The molecule has 0 bridgehead atoms. The summed E-state index contributed by atoms with van der Waals surface area (Å²) in [4.78, 5) is 11.2. The zero-order valence-electron chi connectivity index (χ0n) is 16.1. The largest absolute Gasteiger partial charge is 0.357 e. The van der Waals surface area contributed by atoms with Crippen LogP contribution in [0.5, 0.6) is 0 Å². The highest BCUT2D eigenvalue weighted by atomic mass is 19.1. The molecule has 0 radical (unpaired) electrons. The van der Waals surface area contributed by atoms with Gasteiger partial charge in [-0.25, -0.2) is 9.37 Å². The lowest BCUT2D eigenvalue weighted by atomic mass is 10.1. The van der Waals surface area contributed by atoms with E-state index in [-0.39, 0.29) is 5.82 Å². The van der Waals surface area contributed by atoms with E-state index in [0.717, 1.165) is 54.5 Å². The van der Waals surface area contributed by atoms with E-state index in [1.807, 2.05) is 19.2 Å².